The van der Waals surface area contributed by atoms with Gasteiger partial charge in [-0.15, -0.1) is 0 Å². The number of Topliss-reactive ketones (excluding diaryl/α,β-unsaturated/α-hetero) is 1. The Labute approximate surface area is 94.5 Å². The van der Waals surface area contributed by atoms with Crippen LogP contribution in [0.25, 0.3) is 10.8 Å². The second kappa shape index (κ2) is 3.63. The van der Waals surface area contributed by atoms with Gasteiger partial charge in [0, 0.05) is 5.39 Å². The van der Waals surface area contributed by atoms with Gasteiger partial charge in [-0.1, -0.05) is 12.1 Å². The highest BCUT2D eigenvalue weighted by Crippen LogP contribution is 2.30. The van der Waals surface area contributed by atoms with Gasteiger partial charge < -0.3 is 5.11 Å². The van der Waals surface area contributed by atoms with Gasteiger partial charge in [-0.05, 0) is 49.4 Å². The molecule has 0 bridgehead atoms. The molecule has 0 aliphatic heterocycles. The smallest absolute Gasteiger partial charge is 0.163 e. The van der Waals surface area contributed by atoms with Crippen LogP contribution in [0.15, 0.2) is 24.3 Å². The van der Waals surface area contributed by atoms with Crippen molar-refractivity contribution >= 4 is 16.6 Å². The number of carbonyl (C=O) groups excluding carboxylic acids is 1. The predicted octanol–water partition coefficient (Wildman–Crippen LogP) is 3.36. The molecule has 0 unspecified atom stereocenters. The summed E-state index contributed by atoms with van der Waals surface area (Å²) in [5.74, 6) is -0.0225. The third-order valence-electron chi connectivity index (χ3n) is 2.98. The van der Waals surface area contributed by atoms with Crippen molar-refractivity contribution < 1.29 is 9.90 Å². The molecule has 16 heavy (non-hydrogen) atoms. The van der Waals surface area contributed by atoms with Crippen molar-refractivity contribution in [2.75, 3.05) is 0 Å². The Morgan fingerprint density at radius 1 is 1.12 bits per heavy atom. The second-order valence-electron chi connectivity index (χ2n) is 4.18. The number of hydrogen-bond acceptors (Lipinski definition) is 2. The molecule has 0 aliphatic rings. The highest BCUT2D eigenvalue weighted by atomic mass is 16.3. The number of phenolic OH excluding ortho intramolecular Hbond substituents is 1. The van der Waals surface area contributed by atoms with Gasteiger partial charge in [0.25, 0.3) is 0 Å². The predicted molar refractivity (Wildman–Crippen MR) is 65.1 cm³/mol. The molecular weight excluding hydrogens is 200 g/mol. The summed E-state index contributed by atoms with van der Waals surface area (Å²) >= 11 is 0. The Morgan fingerprint density at radius 2 is 1.75 bits per heavy atom. The van der Waals surface area contributed by atoms with E-state index in [0.29, 0.717) is 5.56 Å². The fraction of sp³-hybridized carbons (Fsp3) is 0.214. The summed E-state index contributed by atoms with van der Waals surface area (Å²) in [4.78, 5) is 11.3. The molecule has 0 aromatic heterocycles. The maximum atomic E-state index is 11.3. The molecule has 0 aliphatic carbocycles. The molecule has 2 rings (SSSR count). The lowest BCUT2D eigenvalue weighted by Gasteiger charge is -2.08. The number of carbonyl (C=O) groups is 1. The Balaban J connectivity index is 2.84. The van der Waals surface area contributed by atoms with Crippen molar-refractivity contribution in [1.29, 1.82) is 0 Å². The van der Waals surface area contributed by atoms with Gasteiger partial charge in [-0.3, -0.25) is 4.79 Å². The third-order valence-corrected chi connectivity index (χ3v) is 2.98. The number of ketones is 1. The lowest BCUT2D eigenvalue weighted by Crippen LogP contribution is -1.93. The fourth-order valence-corrected chi connectivity index (χ4v) is 1.86. The molecule has 0 saturated heterocycles. The lowest BCUT2D eigenvalue weighted by molar-refractivity contribution is 0.101. The van der Waals surface area contributed by atoms with E-state index in [0.717, 1.165) is 16.3 Å². The summed E-state index contributed by atoms with van der Waals surface area (Å²) < 4.78 is 0. The Bertz CT molecular complexity index is 583. The van der Waals surface area contributed by atoms with Crippen molar-refractivity contribution in [3.05, 3.63) is 41.0 Å². The first-order valence-corrected chi connectivity index (χ1v) is 5.24. The van der Waals surface area contributed by atoms with E-state index in [9.17, 15) is 9.90 Å². The first-order chi connectivity index (χ1) is 7.50. The van der Waals surface area contributed by atoms with Crippen LogP contribution in [0.5, 0.6) is 5.75 Å². The van der Waals surface area contributed by atoms with Crippen LogP contribution in [0, 0.1) is 13.8 Å². The highest BCUT2D eigenvalue weighted by Gasteiger charge is 2.10. The fourth-order valence-electron chi connectivity index (χ4n) is 1.86. The van der Waals surface area contributed by atoms with E-state index >= 15 is 0 Å². The summed E-state index contributed by atoms with van der Waals surface area (Å²) in [6, 6.07) is 7.49. The molecule has 2 nitrogen and oxygen atoms in total. The zero-order valence-corrected chi connectivity index (χ0v) is 9.66. The van der Waals surface area contributed by atoms with Crippen LogP contribution in [0.2, 0.25) is 0 Å². The van der Waals surface area contributed by atoms with Crippen molar-refractivity contribution in [2.24, 2.45) is 0 Å². The molecule has 2 aromatic carbocycles. The molecule has 0 atom stereocenters. The Morgan fingerprint density at radius 3 is 2.38 bits per heavy atom. The second-order valence-corrected chi connectivity index (χ2v) is 4.18. The molecule has 0 spiro atoms. The van der Waals surface area contributed by atoms with E-state index < -0.39 is 0 Å². The van der Waals surface area contributed by atoms with Gasteiger partial charge >= 0.3 is 0 Å². The summed E-state index contributed by atoms with van der Waals surface area (Å²) in [5.41, 5.74) is 2.68. The third kappa shape index (κ3) is 1.56. The van der Waals surface area contributed by atoms with Gasteiger partial charge in [-0.2, -0.15) is 0 Å². The quantitative estimate of drug-likeness (QED) is 0.739. The zero-order valence-electron chi connectivity index (χ0n) is 9.66. The van der Waals surface area contributed by atoms with Crippen LogP contribution >= 0.6 is 0 Å². The van der Waals surface area contributed by atoms with Crippen molar-refractivity contribution in [2.45, 2.75) is 20.8 Å². The van der Waals surface area contributed by atoms with Gasteiger partial charge in [0.2, 0.25) is 0 Å². The monoisotopic (exact) mass is 214 g/mol. The molecular formula is C14H14O2. The van der Waals surface area contributed by atoms with Crippen molar-refractivity contribution in [1.82, 2.24) is 0 Å². The Kier molecular flexibility index (Phi) is 2.43. The van der Waals surface area contributed by atoms with Crippen LogP contribution in [0.1, 0.15) is 28.4 Å². The molecule has 82 valence electrons. The van der Waals surface area contributed by atoms with Crippen LogP contribution in [-0.2, 0) is 0 Å². The minimum atomic E-state index is -0.113. The van der Waals surface area contributed by atoms with Crippen molar-refractivity contribution in [3.63, 3.8) is 0 Å². The number of phenols is 1. The molecule has 0 fully saturated rings. The topological polar surface area (TPSA) is 37.3 Å². The van der Waals surface area contributed by atoms with Gasteiger partial charge in [0.1, 0.15) is 5.75 Å². The number of hydrogen-bond donors (Lipinski definition) is 1. The standard InChI is InChI=1S/C14H14O2/c1-8-6-11-4-5-12(10(3)15)14(16)13(11)7-9(8)2/h4-7,16H,1-3H3. The summed E-state index contributed by atoms with van der Waals surface area (Å²) in [7, 11) is 0. The Hall–Kier alpha value is -1.83. The number of fused-ring (bicyclic) bond motifs is 1. The van der Waals surface area contributed by atoms with Gasteiger partial charge in [0.15, 0.2) is 5.78 Å². The molecule has 0 radical (unpaired) electrons. The molecule has 2 heteroatoms. The number of rotatable bonds is 1. The van der Waals surface area contributed by atoms with E-state index in [1.54, 1.807) is 6.07 Å². The average Bonchev–Trinajstić information content (AvgIpc) is 2.21. The molecule has 1 N–H and O–H groups in total. The van der Waals surface area contributed by atoms with Crippen LogP contribution in [0.3, 0.4) is 0 Å². The number of benzene rings is 2. The van der Waals surface area contributed by atoms with E-state index in [4.69, 9.17) is 0 Å². The molecule has 0 amide bonds. The summed E-state index contributed by atoms with van der Waals surface area (Å²) in [6.07, 6.45) is 0. The van der Waals surface area contributed by atoms with Crippen LogP contribution in [0.4, 0.5) is 0 Å². The number of aryl methyl sites for hydroxylation is 2. The molecule has 2 aromatic rings. The van der Waals surface area contributed by atoms with E-state index in [-0.39, 0.29) is 11.5 Å². The SMILES string of the molecule is CC(=O)c1ccc2cc(C)c(C)cc2c1O. The van der Waals surface area contributed by atoms with E-state index in [2.05, 4.69) is 0 Å². The first-order valence-electron chi connectivity index (χ1n) is 5.24. The first kappa shape index (κ1) is 10.7. The maximum Gasteiger partial charge on any atom is 0.163 e. The van der Waals surface area contributed by atoms with Gasteiger partial charge in [0.05, 0.1) is 5.56 Å². The highest BCUT2D eigenvalue weighted by molar-refractivity contribution is 6.03. The van der Waals surface area contributed by atoms with Crippen LogP contribution < -0.4 is 0 Å². The van der Waals surface area contributed by atoms with E-state index in [1.165, 1.54) is 12.5 Å². The average molecular weight is 214 g/mol. The minimum absolute atomic E-state index is 0.0908. The van der Waals surface area contributed by atoms with Crippen LogP contribution in [-0.4, -0.2) is 10.9 Å². The number of aromatic hydroxyl groups is 1. The van der Waals surface area contributed by atoms with Crippen molar-refractivity contribution in [3.8, 4) is 5.75 Å². The normalized spacial score (nSPS) is 10.7. The van der Waals surface area contributed by atoms with Gasteiger partial charge in [-0.25, -0.2) is 0 Å². The maximum absolute atomic E-state index is 11.3. The summed E-state index contributed by atoms with van der Waals surface area (Å²) in [5, 5.41) is 11.7. The zero-order chi connectivity index (χ0) is 11.9. The summed E-state index contributed by atoms with van der Waals surface area (Å²) in [6.45, 7) is 5.49. The largest absolute Gasteiger partial charge is 0.507 e. The van der Waals surface area contributed by atoms with E-state index in [1.807, 2.05) is 32.0 Å². The minimum Gasteiger partial charge on any atom is -0.507 e. The molecule has 0 heterocycles. The lowest BCUT2D eigenvalue weighted by atomic mass is 9.98. The molecule has 0 saturated carbocycles.